The second kappa shape index (κ2) is 11.1. The van der Waals surface area contributed by atoms with Crippen LogP contribution in [0.25, 0.3) is 5.57 Å². The Labute approximate surface area is 229 Å². The van der Waals surface area contributed by atoms with Crippen LogP contribution in [0.1, 0.15) is 43.9 Å². The Morgan fingerprint density at radius 3 is 2.21 bits per heavy atom. The fraction of sp³-hybridized carbons (Fsp3) is 0.250. The van der Waals surface area contributed by atoms with Gasteiger partial charge in [-0.1, -0.05) is 74.9 Å². The molecular weight excluding hydrogens is 492 g/mol. The number of urea groups is 1. The molecule has 2 amide bonds. The van der Waals surface area contributed by atoms with E-state index in [9.17, 15) is 14.7 Å². The number of rotatable bonds is 7. The van der Waals surface area contributed by atoms with Gasteiger partial charge >= 0.3 is 12.0 Å². The number of anilines is 1. The van der Waals surface area contributed by atoms with Crippen LogP contribution in [-0.4, -0.2) is 29.8 Å². The van der Waals surface area contributed by atoms with Crippen LogP contribution in [0.5, 0.6) is 11.5 Å². The number of aliphatic carboxylic acids is 1. The van der Waals surface area contributed by atoms with Crippen molar-refractivity contribution in [2.75, 3.05) is 12.4 Å². The fourth-order valence-corrected chi connectivity index (χ4v) is 4.56. The third kappa shape index (κ3) is 6.14. The molecule has 1 unspecified atom stereocenters. The Bertz CT molecular complexity index is 1420. The van der Waals surface area contributed by atoms with Crippen molar-refractivity contribution in [3.63, 3.8) is 0 Å². The third-order valence-electron chi connectivity index (χ3n) is 6.68. The first kappa shape index (κ1) is 27.5. The number of ether oxygens (including phenoxy) is 2. The van der Waals surface area contributed by atoms with Gasteiger partial charge in [0.05, 0.1) is 7.11 Å². The number of methoxy groups -OCH3 is 1. The minimum atomic E-state index is -1.78. The van der Waals surface area contributed by atoms with E-state index in [4.69, 9.17) is 9.47 Å². The normalized spacial score (nSPS) is 16.9. The maximum atomic E-state index is 12.9. The lowest BCUT2D eigenvalue weighted by molar-refractivity contribution is -0.144. The number of carboxylic acids is 1. The number of allylic oxidation sites excluding steroid dienone is 2. The summed E-state index contributed by atoms with van der Waals surface area (Å²) in [5, 5.41) is 15.7. The SMILES string of the molecule is COC1=CC=C(c2ccc(Oc3ccccc3C(C)(C)C)cc2)CC1(NC(=O)Nc1ccc(C)cc1)C(=O)O. The van der Waals surface area contributed by atoms with E-state index in [1.165, 1.54) is 7.11 Å². The molecule has 0 aliphatic heterocycles. The zero-order chi connectivity index (χ0) is 28.2. The van der Waals surface area contributed by atoms with Crippen molar-refractivity contribution in [2.45, 2.75) is 45.1 Å². The molecule has 3 aromatic rings. The average molecular weight is 527 g/mol. The highest BCUT2D eigenvalue weighted by molar-refractivity contribution is 5.97. The molecule has 0 spiro atoms. The molecule has 3 N–H and O–H groups in total. The second-order valence-corrected chi connectivity index (χ2v) is 10.6. The van der Waals surface area contributed by atoms with Crippen LogP contribution in [0, 0.1) is 6.92 Å². The van der Waals surface area contributed by atoms with Gasteiger partial charge in [0.15, 0.2) is 0 Å². The number of carbonyl (C=O) groups excluding carboxylic acids is 1. The van der Waals surface area contributed by atoms with Crippen LogP contribution in [0.15, 0.2) is 90.7 Å². The van der Waals surface area contributed by atoms with E-state index in [1.807, 2.05) is 67.6 Å². The molecule has 4 rings (SSSR count). The predicted octanol–water partition coefficient (Wildman–Crippen LogP) is 7.05. The molecule has 0 aromatic heterocycles. The standard InChI is InChI=1S/C32H34N2O5/c1-21-10-15-24(16-11-21)33-30(37)34-32(29(35)36)20-23(14-19-28(32)38-5)22-12-17-25(18-13-22)39-27-9-7-6-8-26(27)31(2,3)4/h6-19H,20H2,1-5H3,(H,35,36)(H2,33,34,37). The Morgan fingerprint density at radius 1 is 0.923 bits per heavy atom. The summed E-state index contributed by atoms with van der Waals surface area (Å²) in [6.07, 6.45) is 3.39. The number of para-hydroxylation sites is 1. The molecule has 202 valence electrons. The number of hydrogen-bond donors (Lipinski definition) is 3. The number of aryl methyl sites for hydroxylation is 1. The minimum absolute atomic E-state index is 0.00359. The summed E-state index contributed by atoms with van der Waals surface area (Å²) in [6.45, 7) is 8.36. The maximum Gasteiger partial charge on any atom is 0.337 e. The van der Waals surface area contributed by atoms with Crippen molar-refractivity contribution < 1.29 is 24.2 Å². The van der Waals surface area contributed by atoms with Gasteiger partial charge in [-0.2, -0.15) is 0 Å². The van der Waals surface area contributed by atoms with Crippen molar-refractivity contribution in [3.8, 4) is 11.5 Å². The molecule has 1 aliphatic carbocycles. The van der Waals surface area contributed by atoms with Crippen molar-refractivity contribution in [3.05, 3.63) is 107 Å². The first-order chi connectivity index (χ1) is 18.5. The molecule has 0 saturated carbocycles. The van der Waals surface area contributed by atoms with Crippen molar-refractivity contribution in [1.82, 2.24) is 5.32 Å². The second-order valence-electron chi connectivity index (χ2n) is 10.6. The summed E-state index contributed by atoms with van der Waals surface area (Å²) in [5.41, 5.74) is 2.38. The van der Waals surface area contributed by atoms with Crippen LogP contribution in [-0.2, 0) is 14.9 Å². The summed E-state index contributed by atoms with van der Waals surface area (Å²) in [5.74, 6) is 0.367. The molecule has 0 saturated heterocycles. The molecular formula is C32H34N2O5. The summed E-state index contributed by atoms with van der Waals surface area (Å²) < 4.78 is 11.6. The van der Waals surface area contributed by atoms with E-state index < -0.39 is 17.5 Å². The lowest BCUT2D eigenvalue weighted by Gasteiger charge is -2.34. The fourth-order valence-electron chi connectivity index (χ4n) is 4.56. The largest absolute Gasteiger partial charge is 0.498 e. The molecule has 0 heterocycles. The number of amides is 2. The highest BCUT2D eigenvalue weighted by Gasteiger charge is 2.47. The van der Waals surface area contributed by atoms with Crippen molar-refractivity contribution >= 4 is 23.3 Å². The molecule has 1 atom stereocenters. The van der Waals surface area contributed by atoms with Gasteiger partial charge in [0.25, 0.3) is 0 Å². The van der Waals surface area contributed by atoms with Gasteiger partial charge in [-0.3, -0.25) is 0 Å². The van der Waals surface area contributed by atoms with Gasteiger partial charge < -0.3 is 25.2 Å². The molecule has 0 bridgehead atoms. The molecule has 7 heteroatoms. The van der Waals surface area contributed by atoms with E-state index in [-0.39, 0.29) is 17.6 Å². The first-order valence-corrected chi connectivity index (χ1v) is 12.7. The Hall–Kier alpha value is -4.52. The lowest BCUT2D eigenvalue weighted by Crippen LogP contribution is -2.58. The topological polar surface area (TPSA) is 96.9 Å². The third-order valence-corrected chi connectivity index (χ3v) is 6.68. The summed E-state index contributed by atoms with van der Waals surface area (Å²) >= 11 is 0. The van der Waals surface area contributed by atoms with Gasteiger partial charge in [-0.25, -0.2) is 9.59 Å². The zero-order valence-electron chi connectivity index (χ0n) is 22.9. The molecule has 3 aromatic carbocycles. The zero-order valence-corrected chi connectivity index (χ0v) is 22.9. The van der Waals surface area contributed by atoms with Crippen LogP contribution in [0.4, 0.5) is 10.5 Å². The first-order valence-electron chi connectivity index (χ1n) is 12.7. The van der Waals surface area contributed by atoms with E-state index >= 15 is 0 Å². The van der Waals surface area contributed by atoms with Gasteiger partial charge in [-0.05, 0) is 59.9 Å². The lowest BCUT2D eigenvalue weighted by atomic mass is 9.82. The maximum absolute atomic E-state index is 12.9. The number of carbonyl (C=O) groups is 2. The minimum Gasteiger partial charge on any atom is -0.498 e. The van der Waals surface area contributed by atoms with Gasteiger partial charge in [0, 0.05) is 17.7 Å². The van der Waals surface area contributed by atoms with Crippen LogP contribution < -0.4 is 15.4 Å². The van der Waals surface area contributed by atoms with Gasteiger partial charge in [-0.15, -0.1) is 0 Å². The molecule has 39 heavy (non-hydrogen) atoms. The number of hydrogen-bond acceptors (Lipinski definition) is 4. The molecule has 0 radical (unpaired) electrons. The van der Waals surface area contributed by atoms with E-state index in [2.05, 4.69) is 37.5 Å². The number of benzene rings is 3. The Kier molecular flexibility index (Phi) is 7.81. The predicted molar refractivity (Wildman–Crippen MR) is 153 cm³/mol. The quantitative estimate of drug-likeness (QED) is 0.307. The Balaban J connectivity index is 1.56. The highest BCUT2D eigenvalue weighted by atomic mass is 16.5. The van der Waals surface area contributed by atoms with E-state index in [1.54, 1.807) is 18.2 Å². The number of carboxylic acid groups (broad SMARTS) is 1. The summed E-state index contributed by atoms with van der Waals surface area (Å²) in [4.78, 5) is 25.5. The van der Waals surface area contributed by atoms with Crippen molar-refractivity contribution in [1.29, 1.82) is 0 Å². The average Bonchev–Trinajstić information content (AvgIpc) is 2.90. The van der Waals surface area contributed by atoms with E-state index in [0.717, 1.165) is 28.0 Å². The smallest absolute Gasteiger partial charge is 0.337 e. The number of nitrogens with one attached hydrogen (secondary N) is 2. The van der Waals surface area contributed by atoms with Crippen LogP contribution >= 0.6 is 0 Å². The summed E-state index contributed by atoms with van der Waals surface area (Å²) in [7, 11) is 1.39. The van der Waals surface area contributed by atoms with Crippen LogP contribution in [0.3, 0.4) is 0 Å². The summed E-state index contributed by atoms with van der Waals surface area (Å²) in [6, 6.07) is 22.0. The van der Waals surface area contributed by atoms with Gasteiger partial charge in [0.1, 0.15) is 17.3 Å². The molecule has 7 nitrogen and oxygen atoms in total. The Morgan fingerprint density at radius 2 is 1.59 bits per heavy atom. The monoisotopic (exact) mass is 526 g/mol. The van der Waals surface area contributed by atoms with Crippen molar-refractivity contribution in [2.24, 2.45) is 0 Å². The molecule has 0 fully saturated rings. The highest BCUT2D eigenvalue weighted by Crippen LogP contribution is 2.37. The van der Waals surface area contributed by atoms with Gasteiger partial charge in [0.2, 0.25) is 5.54 Å². The molecule has 1 aliphatic rings. The van der Waals surface area contributed by atoms with Crippen LogP contribution in [0.2, 0.25) is 0 Å². The van der Waals surface area contributed by atoms with E-state index in [0.29, 0.717) is 11.4 Å².